The van der Waals surface area contributed by atoms with Gasteiger partial charge in [0.05, 0.1) is 11.6 Å². The molecule has 3 fully saturated rings. The van der Waals surface area contributed by atoms with E-state index in [0.29, 0.717) is 12.2 Å². The van der Waals surface area contributed by atoms with Crippen LogP contribution in [0.15, 0.2) is 41.6 Å². The highest BCUT2D eigenvalue weighted by molar-refractivity contribution is 6.02. The molecular weight excluding hydrogens is 542 g/mol. The third-order valence-electron chi connectivity index (χ3n) is 8.06. The zero-order chi connectivity index (χ0) is 29.5. The smallest absolute Gasteiger partial charge is 0.335 e. The van der Waals surface area contributed by atoms with Gasteiger partial charge in [-0.05, 0) is 87.6 Å². The zero-order valence-electron chi connectivity index (χ0n) is 22.9. The van der Waals surface area contributed by atoms with Crippen LogP contribution >= 0.6 is 0 Å². The van der Waals surface area contributed by atoms with Crippen molar-refractivity contribution < 1.29 is 31.9 Å². The van der Waals surface area contributed by atoms with E-state index in [1.165, 1.54) is 29.9 Å². The van der Waals surface area contributed by atoms with Crippen LogP contribution in [0.5, 0.6) is 0 Å². The first-order chi connectivity index (χ1) is 19.5. The molecule has 0 radical (unpaired) electrons. The highest BCUT2D eigenvalue weighted by Crippen LogP contribution is 2.46. The Morgan fingerprint density at radius 3 is 2.46 bits per heavy atom. The summed E-state index contributed by atoms with van der Waals surface area (Å²) in [6.07, 6.45) is 0.587. The summed E-state index contributed by atoms with van der Waals surface area (Å²) < 4.78 is 56.9. The van der Waals surface area contributed by atoms with Crippen molar-refractivity contribution in [3.8, 4) is 0 Å². The number of nitrogens with zero attached hydrogens (tertiary/aromatic N) is 3. The Hall–Kier alpha value is -3.70. The number of hydrogen-bond donors (Lipinski definition) is 2. The summed E-state index contributed by atoms with van der Waals surface area (Å²) in [5.74, 6) is -3.43. The molecule has 0 spiro atoms. The molecule has 3 aliphatic rings. The maximum absolute atomic E-state index is 15.2. The predicted octanol–water partition coefficient (Wildman–Crippen LogP) is 4.94. The number of amides is 3. The van der Waals surface area contributed by atoms with E-state index in [2.05, 4.69) is 15.7 Å². The van der Waals surface area contributed by atoms with E-state index in [4.69, 9.17) is 0 Å². The van der Waals surface area contributed by atoms with Crippen molar-refractivity contribution in [1.29, 1.82) is 0 Å². The van der Waals surface area contributed by atoms with Gasteiger partial charge in [0, 0.05) is 19.3 Å². The number of hydrogen-bond acceptors (Lipinski definition) is 4. The fourth-order valence-electron chi connectivity index (χ4n) is 5.61. The fourth-order valence-corrected chi connectivity index (χ4v) is 5.61. The van der Waals surface area contributed by atoms with Gasteiger partial charge >= 0.3 is 6.18 Å². The molecule has 41 heavy (non-hydrogen) atoms. The highest BCUT2D eigenvalue weighted by atomic mass is 19.4. The molecule has 220 valence electrons. The van der Waals surface area contributed by atoms with Gasteiger partial charge in [-0.15, -0.1) is 0 Å². The average Bonchev–Trinajstić information content (AvgIpc) is 3.85. The summed E-state index contributed by atoms with van der Waals surface area (Å²) in [7, 11) is 0. The van der Waals surface area contributed by atoms with Crippen LogP contribution < -0.4 is 10.6 Å². The highest BCUT2D eigenvalue weighted by Gasteiger charge is 2.48. The van der Waals surface area contributed by atoms with Crippen LogP contribution in [0.1, 0.15) is 74.3 Å². The Morgan fingerprint density at radius 2 is 1.85 bits per heavy atom. The Labute approximate surface area is 235 Å². The van der Waals surface area contributed by atoms with Crippen molar-refractivity contribution in [2.75, 3.05) is 11.9 Å². The van der Waals surface area contributed by atoms with Crippen molar-refractivity contribution in [3.63, 3.8) is 0 Å². The fraction of sp³-hybridized carbons (Fsp3) is 0.517. The quantitative estimate of drug-likeness (QED) is 0.327. The number of halogens is 4. The molecule has 3 atom stereocenters. The first-order valence-corrected chi connectivity index (χ1v) is 14.0. The molecule has 8 nitrogen and oxygen atoms in total. The minimum atomic E-state index is -4.53. The normalized spacial score (nSPS) is 20.0. The topological polar surface area (TPSA) is 96.3 Å². The van der Waals surface area contributed by atoms with Crippen molar-refractivity contribution in [2.24, 2.45) is 5.92 Å². The number of anilines is 1. The SMILES string of the molecule is CCn1nccc1C(=O)N[C@H](C(=O)Nc1ccc([C@H](C)C(=O)N2CCC[C@H]2C(F)(F)F)cc1F)C(=C1CC1)C1CC1. The van der Waals surface area contributed by atoms with Gasteiger partial charge in [-0.3, -0.25) is 19.1 Å². The first-order valence-electron chi connectivity index (χ1n) is 14.0. The lowest BCUT2D eigenvalue weighted by atomic mass is 9.97. The molecule has 2 N–H and O–H groups in total. The summed E-state index contributed by atoms with van der Waals surface area (Å²) >= 11 is 0. The molecular formula is C29H33F4N5O3. The number of rotatable bonds is 9. The Kier molecular flexibility index (Phi) is 7.93. The number of allylic oxidation sites excluding steroid dienone is 1. The largest absolute Gasteiger partial charge is 0.408 e. The molecule has 1 aromatic carbocycles. The van der Waals surface area contributed by atoms with Crippen LogP contribution in [0.3, 0.4) is 0 Å². The second kappa shape index (κ2) is 11.3. The van der Waals surface area contributed by atoms with E-state index < -0.39 is 47.7 Å². The third-order valence-corrected chi connectivity index (χ3v) is 8.06. The van der Waals surface area contributed by atoms with Crippen molar-refractivity contribution in [1.82, 2.24) is 20.0 Å². The van der Waals surface area contributed by atoms with E-state index >= 15 is 4.39 Å². The number of nitrogens with one attached hydrogen (secondary N) is 2. The van der Waals surface area contributed by atoms with Gasteiger partial charge in [0.25, 0.3) is 11.8 Å². The van der Waals surface area contributed by atoms with Crippen molar-refractivity contribution >= 4 is 23.4 Å². The first kappa shape index (κ1) is 28.8. The molecule has 2 aliphatic carbocycles. The molecule has 2 aromatic rings. The molecule has 0 bridgehead atoms. The van der Waals surface area contributed by atoms with Gasteiger partial charge in [0.15, 0.2) is 0 Å². The van der Waals surface area contributed by atoms with E-state index in [-0.39, 0.29) is 36.6 Å². The van der Waals surface area contributed by atoms with Gasteiger partial charge in [-0.25, -0.2) is 4.39 Å². The average molecular weight is 576 g/mol. The molecule has 0 unspecified atom stereocenters. The predicted molar refractivity (Wildman–Crippen MR) is 142 cm³/mol. The maximum Gasteiger partial charge on any atom is 0.408 e. The second-order valence-electron chi connectivity index (χ2n) is 11.0. The number of likely N-dealkylation sites (tertiary alicyclic amines) is 1. The lowest BCUT2D eigenvalue weighted by Crippen LogP contribution is -2.46. The minimum Gasteiger partial charge on any atom is -0.335 e. The van der Waals surface area contributed by atoms with E-state index in [9.17, 15) is 27.6 Å². The summed E-state index contributed by atoms with van der Waals surface area (Å²) in [5.41, 5.74) is 2.36. The Bertz CT molecular complexity index is 1370. The number of carbonyl (C=O) groups is 3. The van der Waals surface area contributed by atoms with Gasteiger partial charge in [0.2, 0.25) is 5.91 Å². The summed E-state index contributed by atoms with van der Waals surface area (Å²) in [5, 5.41) is 9.53. The molecule has 3 amide bonds. The lowest BCUT2D eigenvalue weighted by Gasteiger charge is -2.29. The summed E-state index contributed by atoms with van der Waals surface area (Å²) in [6, 6.07) is 2.50. The van der Waals surface area contributed by atoms with E-state index in [1.807, 2.05) is 6.92 Å². The van der Waals surface area contributed by atoms with Crippen LogP contribution in [0.2, 0.25) is 0 Å². The van der Waals surface area contributed by atoms with Gasteiger partial charge in [0.1, 0.15) is 23.6 Å². The Balaban J connectivity index is 1.33. The molecule has 2 saturated carbocycles. The summed E-state index contributed by atoms with van der Waals surface area (Å²) in [4.78, 5) is 40.4. The number of aromatic nitrogens is 2. The monoisotopic (exact) mass is 575 g/mol. The molecule has 1 aliphatic heterocycles. The summed E-state index contributed by atoms with van der Waals surface area (Å²) in [6.45, 7) is 3.75. The second-order valence-corrected chi connectivity index (χ2v) is 11.0. The van der Waals surface area contributed by atoms with Crippen LogP contribution in [0, 0.1) is 11.7 Å². The Morgan fingerprint density at radius 1 is 1.12 bits per heavy atom. The third kappa shape index (κ3) is 6.15. The molecule has 1 saturated heterocycles. The number of aryl methyl sites for hydroxylation is 1. The molecule has 5 rings (SSSR count). The van der Waals surface area contributed by atoms with Crippen LogP contribution in [0.25, 0.3) is 0 Å². The molecule has 2 heterocycles. The standard InChI is InChI=1S/C29H33F4N5O3/c1-3-38-22(12-13-34-38)26(39)36-25(24(17-6-7-17)18-8-9-18)27(40)35-21-11-10-19(15-20(21)30)16(2)28(41)37-14-4-5-23(37)29(31,32)33/h10-13,15-17,23,25H,3-9,14H2,1-2H3,(H,35,40)(H,36,39)/t16-,23-,25-/m0/s1. The minimum absolute atomic E-state index is 0.00500. The van der Waals surface area contributed by atoms with Crippen molar-refractivity contribution in [2.45, 2.75) is 83.1 Å². The molecule has 12 heteroatoms. The number of benzene rings is 1. The van der Waals surface area contributed by atoms with Crippen LogP contribution in [-0.2, 0) is 16.1 Å². The van der Waals surface area contributed by atoms with Gasteiger partial charge in [-0.2, -0.15) is 18.3 Å². The van der Waals surface area contributed by atoms with Gasteiger partial charge in [-0.1, -0.05) is 11.6 Å². The van der Waals surface area contributed by atoms with Gasteiger partial charge < -0.3 is 15.5 Å². The van der Waals surface area contributed by atoms with Crippen LogP contribution in [0.4, 0.5) is 23.2 Å². The van der Waals surface area contributed by atoms with E-state index in [0.717, 1.165) is 47.8 Å². The zero-order valence-corrected chi connectivity index (χ0v) is 22.9. The van der Waals surface area contributed by atoms with Crippen LogP contribution in [-0.4, -0.2) is 57.2 Å². The number of alkyl halides is 3. The van der Waals surface area contributed by atoms with Crippen molar-refractivity contribution in [3.05, 3.63) is 58.7 Å². The lowest BCUT2D eigenvalue weighted by molar-refractivity contribution is -0.183. The van der Waals surface area contributed by atoms with E-state index in [1.54, 1.807) is 6.07 Å². The number of carbonyl (C=O) groups excluding carboxylic acids is 3. The maximum atomic E-state index is 15.2. The molecule has 1 aromatic heterocycles.